The van der Waals surface area contributed by atoms with Gasteiger partial charge in [-0.15, -0.1) is 0 Å². The first-order valence-corrected chi connectivity index (χ1v) is 6.44. The number of aliphatic hydroxyl groups excluding tert-OH is 1. The minimum atomic E-state index is 0.323. The van der Waals surface area contributed by atoms with Gasteiger partial charge in [0.15, 0.2) is 0 Å². The van der Waals surface area contributed by atoms with E-state index in [9.17, 15) is 5.11 Å². The molecule has 1 rings (SSSR count). The minimum Gasteiger partial charge on any atom is -0.395 e. The Kier molecular flexibility index (Phi) is 6.98. The van der Waals surface area contributed by atoms with Gasteiger partial charge in [0.1, 0.15) is 0 Å². The van der Waals surface area contributed by atoms with Crippen molar-refractivity contribution in [3.63, 3.8) is 0 Å². The Bertz CT molecular complexity index is 145. The molecule has 1 unspecified atom stereocenters. The van der Waals surface area contributed by atoms with Gasteiger partial charge >= 0.3 is 0 Å². The molecule has 15 heavy (non-hydrogen) atoms. The van der Waals surface area contributed by atoms with E-state index in [-0.39, 0.29) is 0 Å². The lowest BCUT2D eigenvalue weighted by molar-refractivity contribution is 0.120. The Labute approximate surface area is 93.9 Å². The van der Waals surface area contributed by atoms with Gasteiger partial charge in [-0.3, -0.25) is 4.90 Å². The van der Waals surface area contributed by atoms with Gasteiger partial charge in [-0.1, -0.05) is 26.2 Å². The highest BCUT2D eigenvalue weighted by molar-refractivity contribution is 4.74. The van der Waals surface area contributed by atoms with E-state index >= 15 is 0 Å². The first-order chi connectivity index (χ1) is 7.38. The van der Waals surface area contributed by atoms with Crippen LogP contribution in [0.5, 0.6) is 0 Å². The fourth-order valence-electron chi connectivity index (χ4n) is 2.25. The summed E-state index contributed by atoms with van der Waals surface area (Å²) in [5, 5.41) is 12.8. The predicted molar refractivity (Wildman–Crippen MR) is 64.1 cm³/mol. The van der Waals surface area contributed by atoms with Crippen molar-refractivity contribution in [3.8, 4) is 0 Å². The molecule has 0 aliphatic carbocycles. The molecule has 1 saturated heterocycles. The SMILES string of the molecule is CCCCCC(CO)N1CCCNCC1. The summed E-state index contributed by atoms with van der Waals surface area (Å²) in [6.45, 7) is 6.99. The average Bonchev–Trinajstić information content (AvgIpc) is 2.53. The molecule has 0 amide bonds. The van der Waals surface area contributed by atoms with Gasteiger partial charge in [0.2, 0.25) is 0 Å². The second-order valence-electron chi connectivity index (χ2n) is 4.47. The molecule has 0 radical (unpaired) electrons. The van der Waals surface area contributed by atoms with Gasteiger partial charge in [-0.05, 0) is 25.9 Å². The second kappa shape index (κ2) is 8.08. The normalized spacial score (nSPS) is 21.2. The van der Waals surface area contributed by atoms with Crippen molar-refractivity contribution in [2.45, 2.75) is 45.1 Å². The standard InChI is InChI=1S/C12H26N2O/c1-2-3-4-6-12(11-15)14-9-5-7-13-8-10-14/h12-13,15H,2-11H2,1H3. The molecule has 3 nitrogen and oxygen atoms in total. The molecule has 90 valence electrons. The first kappa shape index (κ1) is 12.9. The van der Waals surface area contributed by atoms with E-state index in [0.717, 1.165) is 32.6 Å². The van der Waals surface area contributed by atoms with Crippen LogP contribution in [0.1, 0.15) is 39.0 Å². The molecule has 1 aliphatic rings. The van der Waals surface area contributed by atoms with Crippen molar-refractivity contribution in [1.82, 2.24) is 10.2 Å². The minimum absolute atomic E-state index is 0.323. The molecule has 1 fully saturated rings. The van der Waals surface area contributed by atoms with E-state index in [1.165, 1.54) is 25.7 Å². The number of hydrogen-bond acceptors (Lipinski definition) is 3. The number of unbranched alkanes of at least 4 members (excludes halogenated alkanes) is 2. The molecule has 0 saturated carbocycles. The summed E-state index contributed by atoms with van der Waals surface area (Å²) in [7, 11) is 0. The monoisotopic (exact) mass is 214 g/mol. The lowest BCUT2D eigenvalue weighted by Gasteiger charge is -2.28. The molecule has 1 heterocycles. The third kappa shape index (κ3) is 4.96. The summed E-state index contributed by atoms with van der Waals surface area (Å²) in [5.41, 5.74) is 0. The Balaban J connectivity index is 2.27. The van der Waals surface area contributed by atoms with E-state index in [4.69, 9.17) is 0 Å². The number of rotatable bonds is 6. The van der Waals surface area contributed by atoms with E-state index < -0.39 is 0 Å². The molecule has 2 N–H and O–H groups in total. The molecular weight excluding hydrogens is 188 g/mol. The quantitative estimate of drug-likeness (QED) is 0.653. The van der Waals surface area contributed by atoms with Crippen molar-refractivity contribution >= 4 is 0 Å². The zero-order chi connectivity index (χ0) is 10.9. The number of hydrogen-bond donors (Lipinski definition) is 2. The van der Waals surface area contributed by atoms with Gasteiger partial charge in [0.25, 0.3) is 0 Å². The molecule has 0 aromatic rings. The van der Waals surface area contributed by atoms with Gasteiger partial charge in [0, 0.05) is 19.1 Å². The lowest BCUT2D eigenvalue weighted by Crippen LogP contribution is -2.40. The van der Waals surface area contributed by atoms with Crippen LogP contribution in [0.4, 0.5) is 0 Å². The van der Waals surface area contributed by atoms with Crippen LogP contribution in [-0.2, 0) is 0 Å². The van der Waals surface area contributed by atoms with Crippen molar-refractivity contribution in [3.05, 3.63) is 0 Å². The van der Waals surface area contributed by atoms with Crippen LogP contribution in [0.2, 0.25) is 0 Å². The van der Waals surface area contributed by atoms with Gasteiger partial charge < -0.3 is 10.4 Å². The maximum atomic E-state index is 9.41. The largest absolute Gasteiger partial charge is 0.395 e. The topological polar surface area (TPSA) is 35.5 Å². The Hall–Kier alpha value is -0.120. The van der Waals surface area contributed by atoms with Gasteiger partial charge in [0.05, 0.1) is 6.61 Å². The molecular formula is C12H26N2O. The maximum absolute atomic E-state index is 9.41. The summed E-state index contributed by atoms with van der Waals surface area (Å²) in [4.78, 5) is 2.45. The highest BCUT2D eigenvalue weighted by Crippen LogP contribution is 2.11. The molecule has 1 aliphatic heterocycles. The number of aliphatic hydroxyl groups is 1. The zero-order valence-corrected chi connectivity index (χ0v) is 10.0. The van der Waals surface area contributed by atoms with E-state index in [1.807, 2.05) is 0 Å². The summed E-state index contributed by atoms with van der Waals surface area (Å²) in [6, 6.07) is 0.399. The Morgan fingerprint density at radius 1 is 1.27 bits per heavy atom. The van der Waals surface area contributed by atoms with Crippen molar-refractivity contribution in [1.29, 1.82) is 0 Å². The number of nitrogens with zero attached hydrogens (tertiary/aromatic N) is 1. The third-order valence-electron chi connectivity index (χ3n) is 3.24. The van der Waals surface area contributed by atoms with Gasteiger partial charge in [-0.25, -0.2) is 0 Å². The Morgan fingerprint density at radius 2 is 2.13 bits per heavy atom. The number of nitrogens with one attached hydrogen (secondary N) is 1. The molecule has 0 aromatic carbocycles. The zero-order valence-electron chi connectivity index (χ0n) is 10.0. The molecule has 0 aromatic heterocycles. The van der Waals surface area contributed by atoms with E-state index in [1.54, 1.807) is 0 Å². The van der Waals surface area contributed by atoms with Crippen molar-refractivity contribution < 1.29 is 5.11 Å². The van der Waals surface area contributed by atoms with Crippen LogP contribution in [-0.4, -0.2) is 48.8 Å². The van der Waals surface area contributed by atoms with Crippen LogP contribution in [0.3, 0.4) is 0 Å². The highest BCUT2D eigenvalue weighted by Gasteiger charge is 2.17. The van der Waals surface area contributed by atoms with Crippen LogP contribution >= 0.6 is 0 Å². The van der Waals surface area contributed by atoms with Crippen LogP contribution in [0, 0.1) is 0 Å². The summed E-state index contributed by atoms with van der Waals surface area (Å²) >= 11 is 0. The van der Waals surface area contributed by atoms with Crippen LogP contribution in [0.25, 0.3) is 0 Å². The summed E-state index contributed by atoms with van der Waals surface area (Å²) in [6.07, 6.45) is 6.18. The van der Waals surface area contributed by atoms with Crippen LogP contribution < -0.4 is 5.32 Å². The Morgan fingerprint density at radius 3 is 2.87 bits per heavy atom. The predicted octanol–water partition coefficient (Wildman–Crippen LogP) is 1.22. The third-order valence-corrected chi connectivity index (χ3v) is 3.24. The average molecular weight is 214 g/mol. The van der Waals surface area contributed by atoms with E-state index in [0.29, 0.717) is 12.6 Å². The van der Waals surface area contributed by atoms with Crippen LogP contribution in [0.15, 0.2) is 0 Å². The fraction of sp³-hybridized carbons (Fsp3) is 1.00. The van der Waals surface area contributed by atoms with Crippen molar-refractivity contribution in [2.75, 3.05) is 32.8 Å². The summed E-state index contributed by atoms with van der Waals surface area (Å²) in [5.74, 6) is 0. The molecule has 0 bridgehead atoms. The summed E-state index contributed by atoms with van der Waals surface area (Å²) < 4.78 is 0. The molecule has 0 spiro atoms. The smallest absolute Gasteiger partial charge is 0.0586 e. The van der Waals surface area contributed by atoms with Gasteiger partial charge in [-0.2, -0.15) is 0 Å². The second-order valence-corrected chi connectivity index (χ2v) is 4.47. The highest BCUT2D eigenvalue weighted by atomic mass is 16.3. The fourth-order valence-corrected chi connectivity index (χ4v) is 2.25. The molecule has 1 atom stereocenters. The maximum Gasteiger partial charge on any atom is 0.0586 e. The molecule has 3 heteroatoms. The van der Waals surface area contributed by atoms with E-state index in [2.05, 4.69) is 17.1 Å². The lowest BCUT2D eigenvalue weighted by atomic mass is 10.1. The first-order valence-electron chi connectivity index (χ1n) is 6.44. The van der Waals surface area contributed by atoms with Crippen molar-refractivity contribution in [2.24, 2.45) is 0 Å².